The number of aromatic nitrogens is 2. The molecule has 4 rings (SSSR count). The summed E-state index contributed by atoms with van der Waals surface area (Å²) in [5.74, 6) is 0.998. The van der Waals surface area contributed by atoms with Crippen LogP contribution in [-0.4, -0.2) is 36.0 Å². The monoisotopic (exact) mass is 375 g/mol. The molecule has 0 amide bonds. The lowest BCUT2D eigenvalue weighted by Gasteiger charge is -2.36. The van der Waals surface area contributed by atoms with Crippen molar-refractivity contribution >= 4 is 21.4 Å². The molecule has 2 aromatic heterocycles. The van der Waals surface area contributed by atoms with Crippen LogP contribution in [-0.2, 0) is 10.0 Å². The van der Waals surface area contributed by atoms with Gasteiger partial charge in [-0.25, -0.2) is 8.42 Å². The van der Waals surface area contributed by atoms with E-state index in [2.05, 4.69) is 10.1 Å². The Labute approximate surface area is 150 Å². The smallest absolute Gasteiger partial charge is 0.243 e. The lowest BCUT2D eigenvalue weighted by molar-refractivity contribution is 0.216. The lowest BCUT2D eigenvalue weighted by Crippen LogP contribution is -2.48. The Morgan fingerprint density at radius 1 is 1.24 bits per heavy atom. The zero-order chi connectivity index (χ0) is 17.6. The van der Waals surface area contributed by atoms with Crippen molar-refractivity contribution in [2.45, 2.75) is 24.7 Å². The molecule has 6 nitrogen and oxygen atoms in total. The maximum Gasteiger partial charge on any atom is 0.243 e. The Morgan fingerprint density at radius 3 is 2.72 bits per heavy atom. The van der Waals surface area contributed by atoms with Crippen LogP contribution in [0.4, 0.5) is 0 Å². The maximum absolute atomic E-state index is 12.8. The largest absolute Gasteiger partial charge is 0.339 e. The van der Waals surface area contributed by atoms with Gasteiger partial charge < -0.3 is 4.52 Å². The van der Waals surface area contributed by atoms with Gasteiger partial charge in [-0.05, 0) is 36.9 Å². The Kier molecular flexibility index (Phi) is 3.98. The van der Waals surface area contributed by atoms with Gasteiger partial charge in [-0.15, -0.1) is 11.3 Å². The second-order valence-corrected chi connectivity index (χ2v) is 9.08. The predicted molar refractivity (Wildman–Crippen MR) is 95.0 cm³/mol. The van der Waals surface area contributed by atoms with Gasteiger partial charge in [-0.2, -0.15) is 9.29 Å². The third-order valence-electron chi connectivity index (χ3n) is 4.33. The molecule has 0 bridgehead atoms. The molecule has 0 aliphatic carbocycles. The molecule has 1 saturated heterocycles. The highest BCUT2D eigenvalue weighted by Crippen LogP contribution is 2.33. The number of hydrogen-bond acceptors (Lipinski definition) is 6. The normalized spacial score (nSPS) is 16.1. The molecule has 1 fully saturated rings. The van der Waals surface area contributed by atoms with E-state index in [4.69, 9.17) is 4.52 Å². The number of benzene rings is 1. The van der Waals surface area contributed by atoms with Crippen LogP contribution in [0, 0.1) is 13.8 Å². The highest BCUT2D eigenvalue weighted by atomic mass is 32.2. The Morgan fingerprint density at radius 2 is 2.04 bits per heavy atom. The van der Waals surface area contributed by atoms with Gasteiger partial charge in [0, 0.05) is 13.1 Å². The molecule has 0 radical (unpaired) electrons. The first kappa shape index (κ1) is 16.4. The van der Waals surface area contributed by atoms with Crippen molar-refractivity contribution in [3.8, 4) is 10.7 Å². The maximum atomic E-state index is 12.8. The fourth-order valence-electron chi connectivity index (χ4n) is 2.93. The number of aryl methyl sites for hydroxylation is 2. The fourth-order valence-corrected chi connectivity index (χ4v) is 5.31. The van der Waals surface area contributed by atoms with E-state index in [-0.39, 0.29) is 5.92 Å². The van der Waals surface area contributed by atoms with Crippen molar-refractivity contribution in [3.05, 3.63) is 52.7 Å². The van der Waals surface area contributed by atoms with Crippen molar-refractivity contribution in [3.63, 3.8) is 0 Å². The van der Waals surface area contributed by atoms with Crippen LogP contribution in [0.3, 0.4) is 0 Å². The summed E-state index contributed by atoms with van der Waals surface area (Å²) in [7, 11) is -3.48. The first-order valence-corrected chi connectivity index (χ1v) is 10.2. The van der Waals surface area contributed by atoms with Crippen LogP contribution >= 0.6 is 11.3 Å². The van der Waals surface area contributed by atoms with E-state index in [0.29, 0.717) is 29.7 Å². The molecule has 25 heavy (non-hydrogen) atoms. The van der Waals surface area contributed by atoms with Crippen LogP contribution in [0.1, 0.15) is 22.9 Å². The highest BCUT2D eigenvalue weighted by molar-refractivity contribution is 7.89. The summed E-state index contributed by atoms with van der Waals surface area (Å²) < 4.78 is 32.3. The SMILES string of the molecule is Cc1ccc(S(=O)(=O)N2CC(c3nc(-c4cccs4)no3)C2)c(C)c1. The van der Waals surface area contributed by atoms with E-state index < -0.39 is 10.0 Å². The van der Waals surface area contributed by atoms with Gasteiger partial charge in [0.2, 0.25) is 21.7 Å². The summed E-state index contributed by atoms with van der Waals surface area (Å²) in [6.07, 6.45) is 0. The van der Waals surface area contributed by atoms with Gasteiger partial charge >= 0.3 is 0 Å². The van der Waals surface area contributed by atoms with Crippen LogP contribution in [0.2, 0.25) is 0 Å². The summed E-state index contributed by atoms with van der Waals surface area (Å²) >= 11 is 1.54. The van der Waals surface area contributed by atoms with Crippen molar-refractivity contribution < 1.29 is 12.9 Å². The van der Waals surface area contributed by atoms with Gasteiger partial charge in [-0.3, -0.25) is 0 Å². The van der Waals surface area contributed by atoms with Crippen LogP contribution in [0.5, 0.6) is 0 Å². The van der Waals surface area contributed by atoms with E-state index in [1.807, 2.05) is 43.5 Å². The summed E-state index contributed by atoms with van der Waals surface area (Å²) in [5.41, 5.74) is 1.81. The van der Waals surface area contributed by atoms with Gasteiger partial charge in [-0.1, -0.05) is 28.9 Å². The van der Waals surface area contributed by atoms with E-state index in [0.717, 1.165) is 16.0 Å². The molecule has 3 heterocycles. The second kappa shape index (κ2) is 6.05. The zero-order valence-corrected chi connectivity index (χ0v) is 15.5. The number of sulfonamides is 1. The number of hydrogen-bond donors (Lipinski definition) is 0. The van der Waals surface area contributed by atoms with E-state index in [1.165, 1.54) is 4.31 Å². The Bertz CT molecular complexity index is 1000. The second-order valence-electron chi connectivity index (χ2n) is 6.22. The Hall–Kier alpha value is -2.03. The third-order valence-corrected chi connectivity index (χ3v) is 7.19. The van der Waals surface area contributed by atoms with Gasteiger partial charge in [0.25, 0.3) is 0 Å². The molecular weight excluding hydrogens is 358 g/mol. The van der Waals surface area contributed by atoms with Gasteiger partial charge in [0.15, 0.2) is 0 Å². The average molecular weight is 375 g/mol. The molecule has 1 aliphatic rings. The summed E-state index contributed by atoms with van der Waals surface area (Å²) in [6, 6.07) is 9.24. The molecule has 1 aromatic carbocycles. The Balaban J connectivity index is 1.50. The minimum Gasteiger partial charge on any atom is -0.339 e. The number of rotatable bonds is 4. The van der Waals surface area contributed by atoms with Gasteiger partial charge in [0.1, 0.15) is 0 Å². The van der Waals surface area contributed by atoms with Crippen molar-refractivity contribution in [1.29, 1.82) is 0 Å². The average Bonchev–Trinajstić information content (AvgIpc) is 3.15. The summed E-state index contributed by atoms with van der Waals surface area (Å²) in [6.45, 7) is 4.50. The summed E-state index contributed by atoms with van der Waals surface area (Å²) in [5, 5.41) is 5.94. The standard InChI is InChI=1S/C17H17N3O3S2/c1-11-5-6-15(12(2)8-11)25(21,22)20-9-13(10-20)17-18-16(19-23-17)14-4-3-7-24-14/h3-8,13H,9-10H2,1-2H3. The topological polar surface area (TPSA) is 76.3 Å². The minimum atomic E-state index is -3.48. The number of nitrogens with zero attached hydrogens (tertiary/aromatic N) is 3. The quantitative estimate of drug-likeness (QED) is 0.700. The van der Waals surface area contributed by atoms with E-state index in [1.54, 1.807) is 17.4 Å². The molecule has 130 valence electrons. The summed E-state index contributed by atoms with van der Waals surface area (Å²) in [4.78, 5) is 5.71. The first-order valence-electron chi connectivity index (χ1n) is 7.90. The van der Waals surface area contributed by atoms with Crippen molar-refractivity contribution in [2.75, 3.05) is 13.1 Å². The highest BCUT2D eigenvalue weighted by Gasteiger charge is 2.40. The predicted octanol–water partition coefficient (Wildman–Crippen LogP) is 3.20. The molecule has 8 heteroatoms. The molecule has 0 atom stereocenters. The molecule has 0 spiro atoms. The molecule has 0 N–H and O–H groups in total. The fraction of sp³-hybridized carbons (Fsp3) is 0.294. The van der Waals surface area contributed by atoms with Gasteiger partial charge in [0.05, 0.1) is 15.7 Å². The minimum absolute atomic E-state index is 0.0539. The zero-order valence-electron chi connectivity index (χ0n) is 13.8. The molecule has 3 aromatic rings. The molecule has 1 aliphatic heterocycles. The first-order chi connectivity index (χ1) is 11.9. The van der Waals surface area contributed by atoms with Crippen LogP contribution < -0.4 is 0 Å². The van der Waals surface area contributed by atoms with Crippen molar-refractivity contribution in [1.82, 2.24) is 14.4 Å². The molecule has 0 saturated carbocycles. The van der Waals surface area contributed by atoms with Crippen LogP contribution in [0.25, 0.3) is 10.7 Å². The van der Waals surface area contributed by atoms with E-state index in [9.17, 15) is 8.42 Å². The number of thiophene rings is 1. The van der Waals surface area contributed by atoms with Crippen LogP contribution in [0.15, 0.2) is 45.1 Å². The third kappa shape index (κ3) is 2.90. The molecule has 0 unspecified atom stereocenters. The van der Waals surface area contributed by atoms with E-state index >= 15 is 0 Å². The van der Waals surface area contributed by atoms with Crippen molar-refractivity contribution in [2.24, 2.45) is 0 Å². The molecular formula is C17H17N3O3S2. The lowest BCUT2D eigenvalue weighted by atomic mass is 10.0.